The minimum absolute atomic E-state index is 1.20. The van der Waals surface area contributed by atoms with Gasteiger partial charge in [-0.25, -0.2) is 0 Å². The van der Waals surface area contributed by atoms with Gasteiger partial charge in [-0.3, -0.25) is 9.36 Å². The van der Waals surface area contributed by atoms with Crippen molar-refractivity contribution in [1.82, 2.24) is 19.6 Å². The van der Waals surface area contributed by atoms with E-state index in [2.05, 4.69) is 60.4 Å². The predicted molar refractivity (Wildman–Crippen MR) is 90.9 cm³/mol. The molecule has 4 heteroatoms. The summed E-state index contributed by atoms with van der Waals surface area (Å²) in [6.07, 6.45) is 3.77. The van der Waals surface area contributed by atoms with Crippen molar-refractivity contribution in [1.29, 1.82) is 0 Å². The van der Waals surface area contributed by atoms with Gasteiger partial charge in [-0.15, -0.1) is 0 Å². The van der Waals surface area contributed by atoms with Crippen molar-refractivity contribution in [3.8, 4) is 0 Å². The van der Waals surface area contributed by atoms with Crippen molar-refractivity contribution in [3.05, 3.63) is 59.9 Å². The number of para-hydroxylation sites is 1. The first-order chi connectivity index (χ1) is 10.6. The Morgan fingerprint density at radius 2 is 1.55 bits per heavy atom. The van der Waals surface area contributed by atoms with E-state index in [1.54, 1.807) is 0 Å². The fourth-order valence-corrected chi connectivity index (χ4v) is 2.69. The van der Waals surface area contributed by atoms with Crippen molar-refractivity contribution in [2.45, 2.75) is 13.8 Å². The molecule has 0 saturated heterocycles. The summed E-state index contributed by atoms with van der Waals surface area (Å²) in [5.41, 5.74) is 4.99. The number of hydrogen-bond donors (Lipinski definition) is 0. The second kappa shape index (κ2) is 5.64. The lowest BCUT2D eigenvalue weighted by Crippen LogP contribution is -1.90. The molecule has 4 nitrogen and oxygen atoms in total. The zero-order chi connectivity index (χ0) is 15.7. The van der Waals surface area contributed by atoms with Crippen LogP contribution in [0.5, 0.6) is 0 Å². The summed E-state index contributed by atoms with van der Waals surface area (Å²) in [6, 6.07) is 12.6. The first kappa shape index (κ1) is 14.3. The van der Waals surface area contributed by atoms with Crippen LogP contribution in [0.2, 0.25) is 0 Å². The summed E-state index contributed by atoms with van der Waals surface area (Å²) in [7, 11) is 3.93. The van der Waals surface area contributed by atoms with E-state index >= 15 is 0 Å². The van der Waals surface area contributed by atoms with E-state index in [9.17, 15) is 0 Å². The summed E-state index contributed by atoms with van der Waals surface area (Å²) >= 11 is 0. The first-order valence-electron chi connectivity index (χ1n) is 7.32. The number of rotatable bonds is 0. The molecular formula is C18H20N4. The molecule has 0 amide bonds. The van der Waals surface area contributed by atoms with Gasteiger partial charge in [0.25, 0.3) is 0 Å². The van der Waals surface area contributed by atoms with E-state index in [0.717, 1.165) is 0 Å². The molecule has 112 valence electrons. The summed E-state index contributed by atoms with van der Waals surface area (Å²) in [5, 5.41) is 10.7. The molecule has 0 fully saturated rings. The molecule has 2 aromatic heterocycles. The third kappa shape index (κ3) is 2.60. The van der Waals surface area contributed by atoms with Crippen LogP contribution < -0.4 is 0 Å². The topological polar surface area (TPSA) is 35.6 Å². The van der Waals surface area contributed by atoms with Crippen LogP contribution >= 0.6 is 0 Å². The highest BCUT2D eigenvalue weighted by Gasteiger charge is 1.99. The van der Waals surface area contributed by atoms with Crippen LogP contribution in [0.3, 0.4) is 0 Å². The Labute approximate surface area is 130 Å². The second-order valence-electron chi connectivity index (χ2n) is 5.61. The molecule has 0 bridgehead atoms. The quantitative estimate of drug-likeness (QED) is 0.494. The highest BCUT2D eigenvalue weighted by atomic mass is 15.3. The predicted octanol–water partition coefficient (Wildman–Crippen LogP) is 3.76. The average molecular weight is 292 g/mol. The molecule has 0 spiro atoms. The van der Waals surface area contributed by atoms with Crippen LogP contribution in [0.4, 0.5) is 0 Å². The minimum atomic E-state index is 1.20. The zero-order valence-electron chi connectivity index (χ0n) is 13.4. The molecule has 0 radical (unpaired) electrons. The van der Waals surface area contributed by atoms with Crippen LogP contribution in [0.1, 0.15) is 11.1 Å². The smallest absolute Gasteiger partial charge is 0.0708 e. The van der Waals surface area contributed by atoms with Gasteiger partial charge in [0, 0.05) is 24.9 Å². The van der Waals surface area contributed by atoms with Gasteiger partial charge in [-0.05, 0) is 31.0 Å². The van der Waals surface area contributed by atoms with Crippen LogP contribution in [-0.2, 0) is 14.1 Å². The summed E-state index contributed by atoms with van der Waals surface area (Å²) < 4.78 is 3.80. The van der Waals surface area contributed by atoms with E-state index in [-0.39, 0.29) is 0 Å². The zero-order valence-corrected chi connectivity index (χ0v) is 13.4. The van der Waals surface area contributed by atoms with Crippen LogP contribution in [0.15, 0.2) is 48.8 Å². The number of aromatic nitrogens is 4. The Balaban J connectivity index is 0.000000131. The summed E-state index contributed by atoms with van der Waals surface area (Å²) in [5.74, 6) is 0. The monoisotopic (exact) mass is 292 g/mol. The molecule has 0 N–H and O–H groups in total. The van der Waals surface area contributed by atoms with E-state index in [0.29, 0.717) is 0 Å². The van der Waals surface area contributed by atoms with E-state index in [4.69, 9.17) is 0 Å². The van der Waals surface area contributed by atoms with Crippen LogP contribution in [0.25, 0.3) is 21.8 Å². The van der Waals surface area contributed by atoms with Gasteiger partial charge in [-0.2, -0.15) is 10.2 Å². The molecule has 2 aromatic carbocycles. The number of nitrogens with zero attached hydrogens (tertiary/aromatic N) is 4. The van der Waals surface area contributed by atoms with E-state index in [1.165, 1.54) is 32.9 Å². The summed E-state index contributed by atoms with van der Waals surface area (Å²) in [4.78, 5) is 0. The Hall–Kier alpha value is -2.62. The molecular weight excluding hydrogens is 272 g/mol. The van der Waals surface area contributed by atoms with Crippen molar-refractivity contribution in [2.24, 2.45) is 14.1 Å². The first-order valence-corrected chi connectivity index (χ1v) is 7.32. The molecule has 0 aliphatic heterocycles. The number of benzene rings is 2. The third-order valence-electron chi connectivity index (χ3n) is 3.87. The van der Waals surface area contributed by atoms with Crippen LogP contribution in [0, 0.1) is 13.8 Å². The lowest BCUT2D eigenvalue weighted by atomic mass is 10.2. The Kier molecular flexibility index (Phi) is 3.67. The fourth-order valence-electron chi connectivity index (χ4n) is 2.69. The standard InChI is InChI=1S/2C9H10N2/c1-7-3-4-8-6-10-11(2)9(8)5-7;1-7-4-3-5-8-6-10-11(2)9(7)8/h2*3-6H,1-2H3. The number of aryl methyl sites for hydroxylation is 4. The van der Waals surface area contributed by atoms with Crippen molar-refractivity contribution < 1.29 is 0 Å². The van der Waals surface area contributed by atoms with E-state index in [1.807, 2.05) is 35.9 Å². The summed E-state index contributed by atoms with van der Waals surface area (Å²) in [6.45, 7) is 4.19. The van der Waals surface area contributed by atoms with Crippen molar-refractivity contribution in [2.75, 3.05) is 0 Å². The maximum absolute atomic E-state index is 4.17. The highest BCUT2D eigenvalue weighted by Crippen LogP contribution is 2.16. The van der Waals surface area contributed by atoms with Gasteiger partial charge in [0.2, 0.25) is 0 Å². The third-order valence-corrected chi connectivity index (χ3v) is 3.87. The Morgan fingerprint density at radius 3 is 2.32 bits per heavy atom. The maximum Gasteiger partial charge on any atom is 0.0708 e. The molecule has 2 heterocycles. The molecule has 4 rings (SSSR count). The largest absolute Gasteiger partial charge is 0.268 e. The maximum atomic E-state index is 4.17. The highest BCUT2D eigenvalue weighted by molar-refractivity contribution is 5.81. The fraction of sp³-hybridized carbons (Fsp3) is 0.222. The molecule has 0 unspecified atom stereocenters. The van der Waals surface area contributed by atoms with Crippen molar-refractivity contribution >= 4 is 21.8 Å². The number of hydrogen-bond acceptors (Lipinski definition) is 2. The Bertz CT molecular complexity index is 931. The Morgan fingerprint density at radius 1 is 0.818 bits per heavy atom. The van der Waals surface area contributed by atoms with Crippen LogP contribution in [-0.4, -0.2) is 19.6 Å². The molecule has 0 aliphatic carbocycles. The van der Waals surface area contributed by atoms with Gasteiger partial charge in [0.1, 0.15) is 0 Å². The molecule has 0 atom stereocenters. The van der Waals surface area contributed by atoms with Gasteiger partial charge >= 0.3 is 0 Å². The van der Waals surface area contributed by atoms with Crippen molar-refractivity contribution in [3.63, 3.8) is 0 Å². The SMILES string of the molecule is Cc1ccc2cnn(C)c2c1.Cc1cccc2cnn(C)c12. The molecule has 0 aliphatic rings. The van der Waals surface area contributed by atoms with E-state index < -0.39 is 0 Å². The minimum Gasteiger partial charge on any atom is -0.268 e. The lowest BCUT2D eigenvalue weighted by molar-refractivity contribution is 0.794. The molecule has 4 aromatic rings. The van der Waals surface area contributed by atoms with Gasteiger partial charge < -0.3 is 0 Å². The normalized spacial score (nSPS) is 10.7. The van der Waals surface area contributed by atoms with Gasteiger partial charge in [0.05, 0.1) is 23.4 Å². The molecule has 22 heavy (non-hydrogen) atoms. The second-order valence-corrected chi connectivity index (χ2v) is 5.61. The van der Waals surface area contributed by atoms with Gasteiger partial charge in [-0.1, -0.05) is 30.3 Å². The molecule has 0 saturated carbocycles. The number of fused-ring (bicyclic) bond motifs is 2. The average Bonchev–Trinajstić information content (AvgIpc) is 3.05. The van der Waals surface area contributed by atoms with Gasteiger partial charge in [0.15, 0.2) is 0 Å². The lowest BCUT2D eigenvalue weighted by Gasteiger charge is -1.97.